The molecular weight excluding hydrogens is 240 g/mol. The molecule has 18 heavy (non-hydrogen) atoms. The standard InChI is InChI=1S/C11H16N2O5/c1-7-4-13(10(17)12-9(7)16)11(6-15)3-2-8(5-14)18-11/h4,8,14-15H,2-3,5-6H2,1H3,(H,12,16,17)/t8-,11-/m0/s1. The van der Waals surface area contributed by atoms with Crippen LogP contribution in [0.15, 0.2) is 15.8 Å². The number of aromatic nitrogens is 2. The molecule has 7 heteroatoms. The second-order valence-corrected chi connectivity index (χ2v) is 4.51. The largest absolute Gasteiger partial charge is 0.394 e. The van der Waals surface area contributed by atoms with Gasteiger partial charge < -0.3 is 14.9 Å². The van der Waals surface area contributed by atoms with Gasteiger partial charge in [0.1, 0.15) is 0 Å². The lowest BCUT2D eigenvalue weighted by Crippen LogP contribution is -2.47. The highest BCUT2D eigenvalue weighted by Crippen LogP contribution is 2.33. The molecule has 0 amide bonds. The van der Waals surface area contributed by atoms with Crippen molar-refractivity contribution in [3.63, 3.8) is 0 Å². The van der Waals surface area contributed by atoms with E-state index in [1.165, 1.54) is 10.8 Å². The summed E-state index contributed by atoms with van der Waals surface area (Å²) in [5.41, 5.74) is -1.92. The summed E-state index contributed by atoms with van der Waals surface area (Å²) >= 11 is 0. The first-order valence-electron chi connectivity index (χ1n) is 5.75. The Hall–Kier alpha value is -1.44. The van der Waals surface area contributed by atoms with Crippen LogP contribution in [0.4, 0.5) is 0 Å². The van der Waals surface area contributed by atoms with Crippen molar-refractivity contribution in [2.24, 2.45) is 0 Å². The van der Waals surface area contributed by atoms with E-state index >= 15 is 0 Å². The molecule has 3 N–H and O–H groups in total. The molecule has 0 radical (unpaired) electrons. The SMILES string of the molecule is Cc1cn([C@@]2(CO)CC[C@@H](CO)O2)c(=O)[nH]c1=O. The third kappa shape index (κ3) is 2.00. The van der Waals surface area contributed by atoms with Gasteiger partial charge in [-0.2, -0.15) is 0 Å². The number of aliphatic hydroxyl groups excluding tert-OH is 2. The van der Waals surface area contributed by atoms with Gasteiger partial charge >= 0.3 is 5.69 Å². The van der Waals surface area contributed by atoms with Crippen molar-refractivity contribution in [1.82, 2.24) is 9.55 Å². The van der Waals surface area contributed by atoms with Crippen molar-refractivity contribution >= 4 is 0 Å². The molecular formula is C11H16N2O5. The van der Waals surface area contributed by atoms with Crippen LogP contribution in [0.2, 0.25) is 0 Å². The first-order chi connectivity index (χ1) is 8.52. The lowest BCUT2D eigenvalue weighted by molar-refractivity contribution is -0.139. The maximum absolute atomic E-state index is 11.8. The number of H-pyrrole nitrogens is 1. The van der Waals surface area contributed by atoms with Gasteiger partial charge in [0.15, 0.2) is 5.72 Å². The maximum Gasteiger partial charge on any atom is 0.330 e. The quantitative estimate of drug-likeness (QED) is 0.621. The molecule has 100 valence electrons. The molecule has 1 fully saturated rings. The zero-order valence-corrected chi connectivity index (χ0v) is 10.0. The molecule has 0 unspecified atom stereocenters. The van der Waals surface area contributed by atoms with E-state index in [0.29, 0.717) is 18.4 Å². The van der Waals surface area contributed by atoms with E-state index in [1.54, 1.807) is 6.92 Å². The number of nitrogens with one attached hydrogen (secondary N) is 1. The smallest absolute Gasteiger partial charge is 0.330 e. The van der Waals surface area contributed by atoms with E-state index < -0.39 is 29.7 Å². The van der Waals surface area contributed by atoms with Crippen molar-refractivity contribution in [2.75, 3.05) is 13.2 Å². The molecule has 0 spiro atoms. The predicted molar refractivity (Wildman–Crippen MR) is 62.3 cm³/mol. The first-order valence-corrected chi connectivity index (χ1v) is 5.75. The highest BCUT2D eigenvalue weighted by atomic mass is 16.6. The van der Waals surface area contributed by atoms with E-state index in [-0.39, 0.29) is 6.61 Å². The molecule has 1 aromatic heterocycles. The van der Waals surface area contributed by atoms with Crippen LogP contribution >= 0.6 is 0 Å². The van der Waals surface area contributed by atoms with Gasteiger partial charge in [-0.05, 0) is 13.3 Å². The lowest BCUT2D eigenvalue weighted by atomic mass is 10.1. The van der Waals surface area contributed by atoms with Gasteiger partial charge in [0.2, 0.25) is 0 Å². The van der Waals surface area contributed by atoms with Crippen molar-refractivity contribution in [3.05, 3.63) is 32.6 Å². The average Bonchev–Trinajstić information content (AvgIpc) is 2.78. The zero-order valence-electron chi connectivity index (χ0n) is 10.0. The van der Waals surface area contributed by atoms with E-state index in [9.17, 15) is 14.7 Å². The Labute approximate surface area is 103 Å². The normalized spacial score (nSPS) is 27.6. The van der Waals surface area contributed by atoms with E-state index in [2.05, 4.69) is 4.98 Å². The summed E-state index contributed by atoms with van der Waals surface area (Å²) in [7, 11) is 0. The molecule has 2 atom stereocenters. The van der Waals surface area contributed by atoms with Crippen LogP contribution in [0, 0.1) is 6.92 Å². The van der Waals surface area contributed by atoms with Crippen LogP contribution in [-0.4, -0.2) is 39.1 Å². The number of hydrogen-bond donors (Lipinski definition) is 3. The predicted octanol–water partition coefficient (Wildman–Crippen LogP) is -1.34. The molecule has 0 aromatic carbocycles. The van der Waals surface area contributed by atoms with Crippen LogP contribution < -0.4 is 11.2 Å². The third-order valence-corrected chi connectivity index (χ3v) is 3.25. The summed E-state index contributed by atoms with van der Waals surface area (Å²) in [5, 5.41) is 18.6. The third-order valence-electron chi connectivity index (χ3n) is 3.25. The fraction of sp³-hybridized carbons (Fsp3) is 0.636. The van der Waals surface area contributed by atoms with Gasteiger partial charge in [0.25, 0.3) is 5.56 Å². The number of aromatic amines is 1. The zero-order chi connectivity index (χ0) is 13.3. The van der Waals surface area contributed by atoms with E-state index in [1.807, 2.05) is 0 Å². The van der Waals surface area contributed by atoms with Gasteiger partial charge in [-0.3, -0.25) is 14.3 Å². The van der Waals surface area contributed by atoms with Gasteiger partial charge in [0, 0.05) is 18.2 Å². The molecule has 0 saturated carbocycles. The topological polar surface area (TPSA) is 105 Å². The van der Waals surface area contributed by atoms with E-state index in [0.717, 1.165) is 0 Å². The average molecular weight is 256 g/mol. The van der Waals surface area contributed by atoms with Crippen LogP contribution in [-0.2, 0) is 10.5 Å². The minimum atomic E-state index is -1.20. The fourth-order valence-corrected chi connectivity index (χ4v) is 2.18. The Kier molecular flexibility index (Phi) is 3.38. The van der Waals surface area contributed by atoms with Crippen LogP contribution in [0.25, 0.3) is 0 Å². The number of nitrogens with zero attached hydrogens (tertiary/aromatic N) is 1. The molecule has 1 aliphatic heterocycles. The van der Waals surface area contributed by atoms with Crippen molar-refractivity contribution in [1.29, 1.82) is 0 Å². The summed E-state index contributed by atoms with van der Waals surface area (Å²) in [6, 6.07) is 0. The Morgan fingerprint density at radius 1 is 1.56 bits per heavy atom. The van der Waals surface area contributed by atoms with Gasteiger partial charge in [-0.1, -0.05) is 0 Å². The molecule has 0 bridgehead atoms. The van der Waals surface area contributed by atoms with Crippen molar-refractivity contribution in [2.45, 2.75) is 31.6 Å². The van der Waals surface area contributed by atoms with Gasteiger partial charge in [-0.25, -0.2) is 4.79 Å². The fourth-order valence-electron chi connectivity index (χ4n) is 2.18. The second kappa shape index (κ2) is 4.68. The Morgan fingerprint density at radius 3 is 2.83 bits per heavy atom. The van der Waals surface area contributed by atoms with Crippen LogP contribution in [0.5, 0.6) is 0 Å². The molecule has 2 heterocycles. The van der Waals surface area contributed by atoms with E-state index in [4.69, 9.17) is 9.84 Å². The summed E-state index contributed by atoms with van der Waals surface area (Å²) < 4.78 is 6.74. The Balaban J connectivity index is 2.49. The summed E-state index contributed by atoms with van der Waals surface area (Å²) in [6.45, 7) is 1.01. The van der Waals surface area contributed by atoms with Crippen molar-refractivity contribution in [3.8, 4) is 0 Å². The molecule has 2 rings (SSSR count). The Bertz CT molecular complexity index is 549. The molecule has 1 aromatic rings. The number of hydrogen-bond acceptors (Lipinski definition) is 5. The Morgan fingerprint density at radius 2 is 2.28 bits per heavy atom. The number of aliphatic hydroxyl groups is 2. The summed E-state index contributed by atoms with van der Waals surface area (Å²) in [5.74, 6) is 0. The summed E-state index contributed by atoms with van der Waals surface area (Å²) in [6.07, 6.45) is 1.91. The second-order valence-electron chi connectivity index (χ2n) is 4.51. The summed E-state index contributed by atoms with van der Waals surface area (Å²) in [4.78, 5) is 25.3. The minimum Gasteiger partial charge on any atom is -0.394 e. The number of aryl methyl sites for hydroxylation is 1. The maximum atomic E-state index is 11.8. The monoisotopic (exact) mass is 256 g/mol. The number of rotatable bonds is 3. The first kappa shape index (κ1) is 13.0. The molecule has 7 nitrogen and oxygen atoms in total. The molecule has 1 aliphatic rings. The molecule has 1 saturated heterocycles. The van der Waals surface area contributed by atoms with Crippen molar-refractivity contribution < 1.29 is 14.9 Å². The van der Waals surface area contributed by atoms with Gasteiger partial charge in [0.05, 0.1) is 19.3 Å². The minimum absolute atomic E-state index is 0.168. The number of ether oxygens (including phenoxy) is 1. The lowest BCUT2D eigenvalue weighted by Gasteiger charge is -2.29. The van der Waals surface area contributed by atoms with Crippen LogP contribution in [0.1, 0.15) is 18.4 Å². The van der Waals surface area contributed by atoms with Crippen LogP contribution in [0.3, 0.4) is 0 Å². The highest BCUT2D eigenvalue weighted by molar-refractivity contribution is 5.03. The highest BCUT2D eigenvalue weighted by Gasteiger charge is 2.42. The molecule has 0 aliphatic carbocycles. The van der Waals surface area contributed by atoms with Gasteiger partial charge in [-0.15, -0.1) is 0 Å².